The number of ether oxygens (including phenoxy) is 1. The van der Waals surface area contributed by atoms with E-state index in [-0.39, 0.29) is 5.91 Å². The Morgan fingerprint density at radius 1 is 1.19 bits per heavy atom. The highest BCUT2D eigenvalue weighted by molar-refractivity contribution is 6.11. The SMILES string of the molecule is COC(=O)[C@]1(/C=C/c2ccccc2)C(=O)N(C)[C@@H]1c1ccc(C#N)cc1. The monoisotopic (exact) mass is 346 g/mol. The molecule has 0 N–H and O–H groups in total. The summed E-state index contributed by atoms with van der Waals surface area (Å²) in [7, 11) is 2.94. The van der Waals surface area contributed by atoms with Crippen LogP contribution in [0.5, 0.6) is 0 Å². The van der Waals surface area contributed by atoms with Crippen LogP contribution in [0.15, 0.2) is 60.7 Å². The van der Waals surface area contributed by atoms with Gasteiger partial charge < -0.3 is 9.64 Å². The number of benzene rings is 2. The van der Waals surface area contributed by atoms with Gasteiger partial charge in [0.15, 0.2) is 5.41 Å². The van der Waals surface area contributed by atoms with E-state index in [0.717, 1.165) is 11.1 Å². The highest BCUT2D eigenvalue weighted by Gasteiger charge is 2.64. The van der Waals surface area contributed by atoms with Crippen molar-refractivity contribution in [3.05, 3.63) is 77.4 Å². The molecule has 2 atom stereocenters. The highest BCUT2D eigenvalue weighted by Crippen LogP contribution is 2.51. The lowest BCUT2D eigenvalue weighted by Gasteiger charge is -2.51. The van der Waals surface area contributed by atoms with Gasteiger partial charge >= 0.3 is 5.97 Å². The molecular formula is C21H18N2O3. The summed E-state index contributed by atoms with van der Waals surface area (Å²) in [6, 6.07) is 17.9. The van der Waals surface area contributed by atoms with Crippen molar-refractivity contribution in [3.63, 3.8) is 0 Å². The Morgan fingerprint density at radius 3 is 2.42 bits per heavy atom. The van der Waals surface area contributed by atoms with Crippen LogP contribution in [-0.2, 0) is 14.3 Å². The third kappa shape index (κ3) is 2.66. The first kappa shape index (κ1) is 17.4. The average molecular weight is 346 g/mol. The Hall–Kier alpha value is -3.39. The second-order valence-electron chi connectivity index (χ2n) is 6.16. The van der Waals surface area contributed by atoms with Crippen molar-refractivity contribution in [3.8, 4) is 6.07 Å². The van der Waals surface area contributed by atoms with Crippen molar-refractivity contribution >= 4 is 18.0 Å². The number of carbonyl (C=O) groups excluding carboxylic acids is 2. The Morgan fingerprint density at radius 2 is 1.85 bits per heavy atom. The molecule has 5 heteroatoms. The largest absolute Gasteiger partial charge is 0.468 e. The molecule has 1 aliphatic heterocycles. The van der Waals surface area contributed by atoms with Gasteiger partial charge in [-0.3, -0.25) is 9.59 Å². The average Bonchev–Trinajstić information content (AvgIpc) is 2.70. The van der Waals surface area contributed by atoms with Crippen LogP contribution < -0.4 is 0 Å². The number of hydrogen-bond donors (Lipinski definition) is 0. The van der Waals surface area contributed by atoms with Crippen LogP contribution in [0.1, 0.15) is 22.7 Å². The number of carbonyl (C=O) groups is 2. The maximum absolute atomic E-state index is 12.7. The van der Waals surface area contributed by atoms with E-state index >= 15 is 0 Å². The summed E-state index contributed by atoms with van der Waals surface area (Å²) in [6.07, 6.45) is 3.39. The molecule has 1 amide bonds. The third-order valence-electron chi connectivity index (χ3n) is 4.71. The first-order valence-electron chi connectivity index (χ1n) is 8.14. The minimum atomic E-state index is -1.41. The highest BCUT2D eigenvalue weighted by atomic mass is 16.5. The fourth-order valence-electron chi connectivity index (χ4n) is 3.38. The van der Waals surface area contributed by atoms with Crippen LogP contribution >= 0.6 is 0 Å². The number of amides is 1. The van der Waals surface area contributed by atoms with Gasteiger partial charge in [-0.2, -0.15) is 5.26 Å². The van der Waals surface area contributed by atoms with E-state index in [2.05, 4.69) is 6.07 Å². The Bertz CT molecular complexity index is 887. The molecule has 26 heavy (non-hydrogen) atoms. The van der Waals surface area contributed by atoms with E-state index in [9.17, 15) is 9.59 Å². The summed E-state index contributed by atoms with van der Waals surface area (Å²) in [4.78, 5) is 26.9. The molecule has 0 aliphatic carbocycles. The minimum absolute atomic E-state index is 0.314. The second kappa shape index (κ2) is 6.85. The zero-order valence-corrected chi connectivity index (χ0v) is 14.5. The fraction of sp³-hybridized carbons (Fsp3) is 0.190. The number of β-lactam (4-membered cyclic amide) rings is 1. The molecule has 1 aliphatic rings. The topological polar surface area (TPSA) is 70.4 Å². The number of likely N-dealkylation sites (tertiary alicyclic amines) is 1. The van der Waals surface area contributed by atoms with Gasteiger partial charge in [0.25, 0.3) is 0 Å². The van der Waals surface area contributed by atoms with Crippen LogP contribution in [0.3, 0.4) is 0 Å². The van der Waals surface area contributed by atoms with E-state index in [0.29, 0.717) is 5.56 Å². The van der Waals surface area contributed by atoms with Crippen molar-refractivity contribution in [2.75, 3.05) is 14.2 Å². The van der Waals surface area contributed by atoms with Crippen LogP contribution in [-0.4, -0.2) is 30.9 Å². The van der Waals surface area contributed by atoms with Crippen molar-refractivity contribution in [2.45, 2.75) is 6.04 Å². The molecule has 0 spiro atoms. The summed E-state index contributed by atoms with van der Waals surface area (Å²) in [5, 5.41) is 8.97. The predicted octanol–water partition coefficient (Wildman–Crippen LogP) is 2.94. The summed E-state index contributed by atoms with van der Waals surface area (Å²) >= 11 is 0. The fourth-order valence-corrected chi connectivity index (χ4v) is 3.38. The van der Waals surface area contributed by atoms with Crippen LogP contribution in [0, 0.1) is 16.7 Å². The predicted molar refractivity (Wildman–Crippen MR) is 96.6 cm³/mol. The molecule has 130 valence electrons. The third-order valence-corrected chi connectivity index (χ3v) is 4.71. The van der Waals surface area contributed by atoms with Crippen LogP contribution in [0.2, 0.25) is 0 Å². The molecular weight excluding hydrogens is 328 g/mol. The van der Waals surface area contributed by atoms with Gasteiger partial charge in [-0.15, -0.1) is 0 Å². The molecule has 3 rings (SSSR count). The first-order chi connectivity index (χ1) is 12.5. The first-order valence-corrected chi connectivity index (χ1v) is 8.14. The minimum Gasteiger partial charge on any atom is -0.468 e. The number of rotatable bonds is 4. The molecule has 2 aromatic rings. The number of nitriles is 1. The van der Waals surface area contributed by atoms with E-state index in [1.807, 2.05) is 30.3 Å². The lowest BCUT2D eigenvalue weighted by Crippen LogP contribution is -2.64. The molecule has 0 aromatic heterocycles. The number of nitrogens with zero attached hydrogens (tertiary/aromatic N) is 2. The Kier molecular flexibility index (Phi) is 4.59. The summed E-state index contributed by atoms with van der Waals surface area (Å²) < 4.78 is 4.97. The van der Waals surface area contributed by atoms with E-state index in [4.69, 9.17) is 10.00 Å². The summed E-state index contributed by atoms with van der Waals surface area (Å²) in [6.45, 7) is 0. The van der Waals surface area contributed by atoms with Gasteiger partial charge in [0, 0.05) is 7.05 Å². The van der Waals surface area contributed by atoms with E-state index < -0.39 is 17.4 Å². The van der Waals surface area contributed by atoms with E-state index in [1.54, 1.807) is 43.5 Å². The van der Waals surface area contributed by atoms with Crippen molar-refractivity contribution in [1.29, 1.82) is 5.26 Å². The summed E-state index contributed by atoms with van der Waals surface area (Å²) in [5.74, 6) is -0.909. The van der Waals surface area contributed by atoms with Crippen LogP contribution in [0.25, 0.3) is 6.08 Å². The lowest BCUT2D eigenvalue weighted by molar-refractivity contribution is -0.180. The maximum Gasteiger partial charge on any atom is 0.327 e. The molecule has 0 unspecified atom stereocenters. The zero-order chi connectivity index (χ0) is 18.7. The molecule has 2 aromatic carbocycles. The number of esters is 1. The van der Waals surface area contributed by atoms with Gasteiger partial charge in [0.05, 0.1) is 24.8 Å². The van der Waals surface area contributed by atoms with Gasteiger partial charge in [-0.1, -0.05) is 54.6 Å². The smallest absolute Gasteiger partial charge is 0.327 e. The number of hydrogen-bond acceptors (Lipinski definition) is 4. The Balaban J connectivity index is 2.06. The molecule has 1 saturated heterocycles. The van der Waals surface area contributed by atoms with Crippen molar-refractivity contribution in [1.82, 2.24) is 4.90 Å². The normalized spacial score (nSPS) is 22.0. The van der Waals surface area contributed by atoms with E-state index in [1.165, 1.54) is 12.0 Å². The maximum atomic E-state index is 12.7. The van der Waals surface area contributed by atoms with Gasteiger partial charge in [-0.05, 0) is 23.3 Å². The van der Waals surface area contributed by atoms with Crippen LogP contribution in [0.4, 0.5) is 0 Å². The molecule has 0 radical (unpaired) electrons. The molecule has 1 fully saturated rings. The Labute approximate surface area is 152 Å². The second-order valence-corrected chi connectivity index (χ2v) is 6.16. The standard InChI is InChI=1S/C21H18N2O3/c1-23-18(17-10-8-16(14-22)9-11-17)21(19(23)24,20(25)26-2)13-12-15-6-4-3-5-7-15/h3-13,18H,1-2H3/b13-12+/t18-,21+/m1/s1. The molecule has 5 nitrogen and oxygen atoms in total. The molecule has 1 heterocycles. The molecule has 0 bridgehead atoms. The van der Waals surface area contributed by atoms with Gasteiger partial charge in [0.2, 0.25) is 5.91 Å². The lowest BCUT2D eigenvalue weighted by atomic mass is 9.67. The van der Waals surface area contributed by atoms with Crippen molar-refractivity contribution < 1.29 is 14.3 Å². The van der Waals surface area contributed by atoms with Crippen molar-refractivity contribution in [2.24, 2.45) is 5.41 Å². The van der Waals surface area contributed by atoms with Gasteiger partial charge in [0.1, 0.15) is 0 Å². The molecule has 0 saturated carbocycles. The summed E-state index contributed by atoms with van der Waals surface area (Å²) in [5.41, 5.74) is 0.768. The number of methoxy groups -OCH3 is 1. The zero-order valence-electron chi connectivity index (χ0n) is 14.5. The van der Waals surface area contributed by atoms with Gasteiger partial charge in [-0.25, -0.2) is 0 Å². The quantitative estimate of drug-likeness (QED) is 0.485.